The van der Waals surface area contributed by atoms with E-state index in [2.05, 4.69) is 27.7 Å². The summed E-state index contributed by atoms with van der Waals surface area (Å²) in [5.74, 6) is 1.66. The Labute approximate surface area is 135 Å². The number of hydrogen-bond donors (Lipinski definition) is 0. The van der Waals surface area contributed by atoms with Gasteiger partial charge >= 0.3 is 0 Å². The molecule has 1 heteroatoms. The van der Waals surface area contributed by atoms with Gasteiger partial charge in [0, 0.05) is 13.2 Å². The van der Waals surface area contributed by atoms with Gasteiger partial charge in [-0.15, -0.1) is 0 Å². The van der Waals surface area contributed by atoms with Crippen LogP contribution in [0.1, 0.15) is 105 Å². The molecule has 0 spiro atoms. The van der Waals surface area contributed by atoms with Crippen molar-refractivity contribution < 1.29 is 4.74 Å². The lowest BCUT2D eigenvalue weighted by Crippen LogP contribution is -2.00. The molecule has 0 heterocycles. The molecular weight excluding hydrogens is 256 g/mol. The van der Waals surface area contributed by atoms with Crippen LogP contribution < -0.4 is 0 Å². The monoisotopic (exact) mass is 298 g/mol. The Bertz CT molecular complexity index is 166. The summed E-state index contributed by atoms with van der Waals surface area (Å²) in [6.07, 6.45) is 16.8. The van der Waals surface area contributed by atoms with Crippen LogP contribution in [0.15, 0.2) is 0 Å². The molecule has 0 saturated heterocycles. The van der Waals surface area contributed by atoms with Gasteiger partial charge in [-0.3, -0.25) is 0 Å². The van der Waals surface area contributed by atoms with Crippen LogP contribution in [0.5, 0.6) is 0 Å². The first-order chi connectivity index (χ1) is 10.1. The summed E-state index contributed by atoms with van der Waals surface area (Å²) in [5, 5.41) is 0. The van der Waals surface area contributed by atoms with Gasteiger partial charge in [-0.05, 0) is 24.7 Å². The normalized spacial score (nSPS) is 11.7. The molecule has 0 amide bonds. The van der Waals surface area contributed by atoms with Gasteiger partial charge in [0.05, 0.1) is 0 Å². The molecule has 128 valence electrons. The molecule has 0 aromatic carbocycles. The smallest absolute Gasteiger partial charge is 0.0468 e. The van der Waals surface area contributed by atoms with E-state index in [-0.39, 0.29) is 0 Å². The van der Waals surface area contributed by atoms with Crippen molar-refractivity contribution in [2.75, 3.05) is 13.2 Å². The van der Waals surface area contributed by atoms with Gasteiger partial charge < -0.3 is 4.74 Å². The maximum absolute atomic E-state index is 5.64. The standard InChI is InChI=1S/C20H42O/c1-19(2)15-13-11-9-7-5-6-8-10-12-14-17-21-18-16-20(3)4/h19-20H,5-18H2,1-4H3. The van der Waals surface area contributed by atoms with E-state index < -0.39 is 0 Å². The fourth-order valence-corrected chi connectivity index (χ4v) is 2.59. The zero-order valence-electron chi connectivity index (χ0n) is 15.5. The number of rotatable bonds is 16. The number of hydrogen-bond acceptors (Lipinski definition) is 1. The van der Waals surface area contributed by atoms with Gasteiger partial charge in [-0.2, -0.15) is 0 Å². The van der Waals surface area contributed by atoms with Crippen LogP contribution in [0.4, 0.5) is 0 Å². The van der Waals surface area contributed by atoms with Crippen LogP contribution in [-0.2, 0) is 4.74 Å². The van der Waals surface area contributed by atoms with E-state index in [0.717, 1.165) is 25.0 Å². The molecule has 0 aliphatic heterocycles. The summed E-state index contributed by atoms with van der Waals surface area (Å²) in [6.45, 7) is 11.1. The number of unbranched alkanes of at least 4 members (excludes halogenated alkanes) is 9. The Hall–Kier alpha value is -0.0400. The zero-order valence-corrected chi connectivity index (χ0v) is 15.5. The van der Waals surface area contributed by atoms with Crippen molar-refractivity contribution in [2.24, 2.45) is 11.8 Å². The van der Waals surface area contributed by atoms with Crippen LogP contribution in [0.2, 0.25) is 0 Å². The van der Waals surface area contributed by atoms with Gasteiger partial charge in [0.15, 0.2) is 0 Å². The minimum atomic E-state index is 0.773. The maximum Gasteiger partial charge on any atom is 0.0468 e. The van der Waals surface area contributed by atoms with Gasteiger partial charge in [-0.1, -0.05) is 91.9 Å². The van der Waals surface area contributed by atoms with Crippen molar-refractivity contribution in [1.82, 2.24) is 0 Å². The van der Waals surface area contributed by atoms with Gasteiger partial charge in [0.2, 0.25) is 0 Å². The molecule has 0 atom stereocenters. The van der Waals surface area contributed by atoms with Crippen LogP contribution in [0.25, 0.3) is 0 Å². The Balaban J connectivity index is 2.96. The topological polar surface area (TPSA) is 9.23 Å². The fraction of sp³-hybridized carbons (Fsp3) is 1.00. The highest BCUT2D eigenvalue weighted by Gasteiger charge is 1.96. The Morgan fingerprint density at radius 1 is 0.476 bits per heavy atom. The Kier molecular flexibility index (Phi) is 16.3. The van der Waals surface area contributed by atoms with Crippen LogP contribution >= 0.6 is 0 Å². The summed E-state index contributed by atoms with van der Waals surface area (Å²) in [5.41, 5.74) is 0. The first kappa shape index (κ1) is 21.0. The highest BCUT2D eigenvalue weighted by atomic mass is 16.5. The van der Waals surface area contributed by atoms with Crippen LogP contribution in [-0.4, -0.2) is 13.2 Å². The highest BCUT2D eigenvalue weighted by molar-refractivity contribution is 4.50. The van der Waals surface area contributed by atoms with E-state index in [0.29, 0.717) is 0 Å². The first-order valence-corrected chi connectivity index (χ1v) is 9.70. The van der Waals surface area contributed by atoms with Gasteiger partial charge in [0.25, 0.3) is 0 Å². The van der Waals surface area contributed by atoms with Crippen molar-refractivity contribution in [3.63, 3.8) is 0 Å². The SMILES string of the molecule is CC(C)CCCCCCCCCCCCOCCC(C)C. The molecule has 0 radical (unpaired) electrons. The quantitative estimate of drug-likeness (QED) is 0.279. The molecule has 0 fully saturated rings. The minimum Gasteiger partial charge on any atom is -0.381 e. The largest absolute Gasteiger partial charge is 0.381 e. The molecule has 0 saturated carbocycles. The number of ether oxygens (including phenoxy) is 1. The molecule has 21 heavy (non-hydrogen) atoms. The van der Waals surface area contributed by atoms with Crippen LogP contribution in [0.3, 0.4) is 0 Å². The molecule has 0 aliphatic rings. The molecule has 0 aliphatic carbocycles. The lowest BCUT2D eigenvalue weighted by molar-refractivity contribution is 0.119. The highest BCUT2D eigenvalue weighted by Crippen LogP contribution is 2.13. The van der Waals surface area contributed by atoms with Crippen LogP contribution in [0, 0.1) is 11.8 Å². The van der Waals surface area contributed by atoms with E-state index >= 15 is 0 Å². The predicted octanol–water partition coefficient (Wildman–Crippen LogP) is 7.00. The summed E-state index contributed by atoms with van der Waals surface area (Å²) in [4.78, 5) is 0. The third kappa shape index (κ3) is 20.0. The van der Waals surface area contributed by atoms with Crippen molar-refractivity contribution in [3.8, 4) is 0 Å². The average Bonchev–Trinajstić information content (AvgIpc) is 2.42. The van der Waals surface area contributed by atoms with Gasteiger partial charge in [-0.25, -0.2) is 0 Å². The summed E-state index contributed by atoms with van der Waals surface area (Å²) < 4.78 is 5.64. The first-order valence-electron chi connectivity index (χ1n) is 9.70. The van der Waals surface area contributed by atoms with Crippen molar-refractivity contribution in [2.45, 2.75) is 105 Å². The van der Waals surface area contributed by atoms with E-state index in [9.17, 15) is 0 Å². The van der Waals surface area contributed by atoms with Gasteiger partial charge in [0.1, 0.15) is 0 Å². The maximum atomic E-state index is 5.64. The second kappa shape index (κ2) is 16.3. The van der Waals surface area contributed by atoms with E-state index in [4.69, 9.17) is 4.74 Å². The molecule has 0 rings (SSSR count). The predicted molar refractivity (Wildman–Crippen MR) is 95.9 cm³/mol. The molecule has 0 aromatic rings. The Morgan fingerprint density at radius 3 is 1.38 bits per heavy atom. The zero-order chi connectivity index (χ0) is 15.8. The molecule has 0 N–H and O–H groups in total. The van der Waals surface area contributed by atoms with Crippen molar-refractivity contribution in [3.05, 3.63) is 0 Å². The molecule has 0 bridgehead atoms. The second-order valence-electron chi connectivity index (χ2n) is 7.51. The molecule has 1 nitrogen and oxygen atoms in total. The molecular formula is C20H42O. The van der Waals surface area contributed by atoms with Crippen molar-refractivity contribution >= 4 is 0 Å². The summed E-state index contributed by atoms with van der Waals surface area (Å²) in [7, 11) is 0. The lowest BCUT2D eigenvalue weighted by atomic mass is 10.0. The third-order valence-corrected chi connectivity index (χ3v) is 4.16. The second-order valence-corrected chi connectivity index (χ2v) is 7.51. The summed E-state index contributed by atoms with van der Waals surface area (Å²) in [6, 6.07) is 0. The average molecular weight is 299 g/mol. The van der Waals surface area contributed by atoms with E-state index in [1.807, 2.05) is 0 Å². The van der Waals surface area contributed by atoms with Crippen molar-refractivity contribution in [1.29, 1.82) is 0 Å². The van der Waals surface area contributed by atoms with E-state index in [1.54, 1.807) is 0 Å². The fourth-order valence-electron chi connectivity index (χ4n) is 2.59. The third-order valence-electron chi connectivity index (χ3n) is 4.16. The molecule has 0 unspecified atom stereocenters. The summed E-state index contributed by atoms with van der Waals surface area (Å²) >= 11 is 0. The molecule has 0 aromatic heterocycles. The Morgan fingerprint density at radius 2 is 0.905 bits per heavy atom. The van der Waals surface area contributed by atoms with E-state index in [1.165, 1.54) is 77.0 Å². The lowest BCUT2D eigenvalue weighted by Gasteiger charge is -2.06. The minimum absolute atomic E-state index is 0.773.